The first kappa shape index (κ1) is 15.0. The van der Waals surface area contributed by atoms with Crippen molar-refractivity contribution >= 4 is 5.97 Å². The van der Waals surface area contributed by atoms with Gasteiger partial charge in [0, 0.05) is 6.42 Å². The largest absolute Gasteiger partial charge is 0.481 e. The Kier molecular flexibility index (Phi) is 11.3. The number of allylic oxidation sites excluding steroid dienone is 1. The average Bonchev–Trinajstić information content (AvgIpc) is 2.25. The van der Waals surface area contributed by atoms with Crippen molar-refractivity contribution in [2.45, 2.75) is 64.7 Å². The van der Waals surface area contributed by atoms with Gasteiger partial charge in [-0.3, -0.25) is 4.79 Å². The molecule has 0 spiro atoms. The molecule has 0 aromatic heterocycles. The first-order valence-corrected chi connectivity index (χ1v) is 6.38. The second kappa shape index (κ2) is 12.1. The molecule has 2 nitrogen and oxygen atoms in total. The van der Waals surface area contributed by atoms with Crippen LogP contribution >= 0.6 is 0 Å². The molecule has 16 heavy (non-hydrogen) atoms. The lowest BCUT2D eigenvalue weighted by molar-refractivity contribution is -0.136. The van der Waals surface area contributed by atoms with Crippen LogP contribution in [-0.2, 0) is 4.79 Å². The van der Waals surface area contributed by atoms with E-state index >= 15 is 0 Å². The van der Waals surface area contributed by atoms with E-state index in [-0.39, 0.29) is 6.42 Å². The molecule has 0 aromatic carbocycles. The number of hydrogen-bond acceptors (Lipinski definition) is 1. The molecule has 0 aliphatic carbocycles. The fourth-order valence-corrected chi connectivity index (χ4v) is 1.47. The number of hydrogen-bond donors (Lipinski definition) is 1. The summed E-state index contributed by atoms with van der Waals surface area (Å²) in [5, 5.41) is 8.40. The van der Waals surface area contributed by atoms with Crippen LogP contribution in [0.5, 0.6) is 0 Å². The number of carbonyl (C=O) groups is 1. The summed E-state index contributed by atoms with van der Waals surface area (Å²) in [4.78, 5) is 10.2. The minimum absolute atomic E-state index is 0.206. The molecule has 1 N–H and O–H groups in total. The van der Waals surface area contributed by atoms with Crippen LogP contribution < -0.4 is 0 Å². The molecule has 0 aliphatic heterocycles. The van der Waals surface area contributed by atoms with E-state index < -0.39 is 5.97 Å². The quantitative estimate of drug-likeness (QED) is 0.443. The second-order valence-electron chi connectivity index (χ2n) is 4.06. The minimum atomic E-state index is -0.742. The fourth-order valence-electron chi connectivity index (χ4n) is 1.47. The van der Waals surface area contributed by atoms with Gasteiger partial charge in [0.15, 0.2) is 0 Å². The molecule has 0 atom stereocenters. The zero-order valence-electron chi connectivity index (χ0n) is 10.4. The van der Waals surface area contributed by atoms with Gasteiger partial charge < -0.3 is 5.11 Å². The zero-order chi connectivity index (χ0) is 12.1. The Labute approximate surface area is 99.1 Å². The molecule has 2 heteroatoms. The Morgan fingerprint density at radius 3 is 2.38 bits per heavy atom. The summed E-state index contributed by atoms with van der Waals surface area (Å²) in [5.41, 5.74) is 3.03. The topological polar surface area (TPSA) is 37.3 Å². The summed E-state index contributed by atoms with van der Waals surface area (Å²) in [6.45, 7) is 2.23. The van der Waals surface area contributed by atoms with Gasteiger partial charge in [0.2, 0.25) is 0 Å². The van der Waals surface area contributed by atoms with Crippen molar-refractivity contribution in [2.75, 3.05) is 0 Å². The van der Waals surface area contributed by atoms with Gasteiger partial charge in [-0.1, -0.05) is 39.0 Å². The molecule has 0 rings (SSSR count). The lowest BCUT2D eigenvalue weighted by Gasteiger charge is -1.96. The van der Waals surface area contributed by atoms with Gasteiger partial charge in [-0.25, -0.2) is 0 Å². The monoisotopic (exact) mass is 224 g/mol. The molecule has 0 radical (unpaired) electrons. The molecule has 0 bridgehead atoms. The number of carboxylic acid groups (broad SMARTS) is 1. The Bertz CT molecular complexity index is 225. The summed E-state index contributed by atoms with van der Waals surface area (Å²) in [6, 6.07) is 0. The molecule has 92 valence electrons. The first-order valence-electron chi connectivity index (χ1n) is 6.38. The average molecular weight is 224 g/mol. The lowest BCUT2D eigenvalue weighted by atomic mass is 10.1. The van der Waals surface area contributed by atoms with Crippen LogP contribution in [0.15, 0.2) is 17.9 Å². The van der Waals surface area contributed by atoms with E-state index in [2.05, 4.69) is 12.7 Å². The maximum atomic E-state index is 10.2. The van der Waals surface area contributed by atoms with Crippen molar-refractivity contribution in [3.8, 4) is 0 Å². The van der Waals surface area contributed by atoms with E-state index in [1.54, 1.807) is 0 Å². The predicted molar refractivity (Wildman–Crippen MR) is 67.5 cm³/mol. The highest BCUT2D eigenvalue weighted by Crippen LogP contribution is 2.06. The number of unbranched alkanes of at least 4 members (excludes halogenated alkanes) is 6. The maximum Gasteiger partial charge on any atom is 0.303 e. The van der Waals surface area contributed by atoms with Crippen LogP contribution in [0.4, 0.5) is 0 Å². The smallest absolute Gasteiger partial charge is 0.303 e. The van der Waals surface area contributed by atoms with Crippen molar-refractivity contribution in [2.24, 2.45) is 0 Å². The number of rotatable bonds is 10. The Morgan fingerprint density at radius 1 is 1.06 bits per heavy atom. The summed E-state index contributed by atoms with van der Waals surface area (Å²) in [7, 11) is 0. The molecular formula is C14H24O2. The van der Waals surface area contributed by atoms with Crippen molar-refractivity contribution in [1.82, 2.24) is 0 Å². The molecule has 0 unspecified atom stereocenters. The van der Waals surface area contributed by atoms with Gasteiger partial charge in [0.1, 0.15) is 0 Å². The van der Waals surface area contributed by atoms with Crippen molar-refractivity contribution < 1.29 is 9.90 Å². The van der Waals surface area contributed by atoms with Gasteiger partial charge in [-0.15, -0.1) is 5.73 Å². The Hall–Kier alpha value is -1.01. The first-order chi connectivity index (χ1) is 7.77. The highest BCUT2D eigenvalue weighted by atomic mass is 16.4. The van der Waals surface area contributed by atoms with E-state index in [0.29, 0.717) is 6.42 Å². The molecule has 0 aromatic rings. The van der Waals surface area contributed by atoms with E-state index in [1.807, 2.05) is 12.2 Å². The van der Waals surface area contributed by atoms with Crippen LogP contribution in [0, 0.1) is 0 Å². The van der Waals surface area contributed by atoms with Gasteiger partial charge in [0.25, 0.3) is 0 Å². The molecule has 0 saturated carbocycles. The standard InChI is InChI=1S/C14H24O2/c1-2-3-4-5-6-7-8-9-10-11-12-13-14(15)16/h9,11H,2-8,12-13H2,1H3,(H,15,16). The van der Waals surface area contributed by atoms with E-state index in [1.165, 1.54) is 38.5 Å². The third kappa shape index (κ3) is 13.0. The Morgan fingerprint density at radius 2 is 1.69 bits per heavy atom. The van der Waals surface area contributed by atoms with E-state index in [9.17, 15) is 4.79 Å². The molecule has 0 aliphatic rings. The lowest BCUT2D eigenvalue weighted by Crippen LogP contribution is -1.91. The molecule has 0 fully saturated rings. The van der Waals surface area contributed by atoms with E-state index in [4.69, 9.17) is 5.11 Å². The van der Waals surface area contributed by atoms with Gasteiger partial charge in [0.05, 0.1) is 0 Å². The third-order valence-corrected chi connectivity index (χ3v) is 2.44. The second-order valence-corrected chi connectivity index (χ2v) is 4.06. The van der Waals surface area contributed by atoms with Crippen molar-refractivity contribution in [3.63, 3.8) is 0 Å². The SMILES string of the molecule is CCCCCCCCC=C=CCCC(=O)O. The van der Waals surface area contributed by atoms with E-state index in [0.717, 1.165) is 6.42 Å². The number of aliphatic carboxylic acids is 1. The van der Waals surface area contributed by atoms with Crippen molar-refractivity contribution in [3.05, 3.63) is 17.9 Å². The Balaban J connectivity index is 3.23. The minimum Gasteiger partial charge on any atom is -0.481 e. The van der Waals surface area contributed by atoms with Gasteiger partial charge in [-0.05, 0) is 31.4 Å². The number of carboxylic acids is 1. The van der Waals surface area contributed by atoms with Crippen LogP contribution in [0.1, 0.15) is 64.7 Å². The molecule has 0 heterocycles. The summed E-state index contributed by atoms with van der Waals surface area (Å²) >= 11 is 0. The van der Waals surface area contributed by atoms with Gasteiger partial charge in [-0.2, -0.15) is 0 Å². The van der Waals surface area contributed by atoms with Crippen molar-refractivity contribution in [1.29, 1.82) is 0 Å². The van der Waals surface area contributed by atoms with Crippen LogP contribution in [0.3, 0.4) is 0 Å². The summed E-state index contributed by atoms with van der Waals surface area (Å²) in [6.07, 6.45) is 13.6. The normalized spacial score (nSPS) is 9.56. The fraction of sp³-hybridized carbons (Fsp3) is 0.714. The zero-order valence-corrected chi connectivity index (χ0v) is 10.4. The molecular weight excluding hydrogens is 200 g/mol. The van der Waals surface area contributed by atoms with Gasteiger partial charge >= 0.3 is 5.97 Å². The van der Waals surface area contributed by atoms with Crippen LogP contribution in [0.2, 0.25) is 0 Å². The molecule has 0 amide bonds. The highest BCUT2D eigenvalue weighted by molar-refractivity contribution is 5.66. The van der Waals surface area contributed by atoms with Crippen LogP contribution in [-0.4, -0.2) is 11.1 Å². The predicted octanol–water partition coefficient (Wildman–Crippen LogP) is 4.31. The highest BCUT2D eigenvalue weighted by Gasteiger charge is 1.90. The third-order valence-electron chi connectivity index (χ3n) is 2.44. The summed E-state index contributed by atoms with van der Waals surface area (Å²) in [5.74, 6) is -0.742. The maximum absolute atomic E-state index is 10.2. The summed E-state index contributed by atoms with van der Waals surface area (Å²) < 4.78 is 0. The molecule has 0 saturated heterocycles. The van der Waals surface area contributed by atoms with Crippen LogP contribution in [0.25, 0.3) is 0 Å².